The molecule has 0 aliphatic heterocycles. The largest absolute Gasteiger partial charge is 0.274 e. The zero-order chi connectivity index (χ0) is 6.41. The van der Waals surface area contributed by atoms with Gasteiger partial charge in [-0.2, -0.15) is 0 Å². The van der Waals surface area contributed by atoms with Gasteiger partial charge in [0.05, 0.1) is 0 Å². The van der Waals surface area contributed by atoms with Crippen LogP contribution in [0.15, 0.2) is 0 Å². The van der Waals surface area contributed by atoms with Gasteiger partial charge < -0.3 is 0 Å². The Hall–Kier alpha value is 0.370. The molecule has 0 bridgehead atoms. The second kappa shape index (κ2) is 5.51. The molecule has 0 aliphatic rings. The predicted molar refractivity (Wildman–Crippen MR) is 41.7 cm³/mol. The van der Waals surface area contributed by atoms with Crippen LogP contribution in [0.2, 0.25) is 0 Å². The van der Waals surface area contributed by atoms with Gasteiger partial charge in [-0.25, -0.2) is 0 Å². The molecule has 8 heavy (non-hydrogen) atoms. The van der Waals surface area contributed by atoms with Gasteiger partial charge in [0.1, 0.15) is 0 Å². The van der Waals surface area contributed by atoms with E-state index in [2.05, 4.69) is 6.92 Å². The van der Waals surface area contributed by atoms with Crippen molar-refractivity contribution in [3.8, 4) is 0 Å². The number of hydrogen-bond acceptors (Lipinski definition) is 3. The van der Waals surface area contributed by atoms with Gasteiger partial charge in [0.2, 0.25) is 4.45 Å². The first kappa shape index (κ1) is 8.37. The molecule has 0 atom stereocenters. The van der Waals surface area contributed by atoms with Crippen molar-refractivity contribution in [2.75, 3.05) is 12.0 Å². The summed E-state index contributed by atoms with van der Waals surface area (Å²) in [5.41, 5.74) is 0. The highest BCUT2D eigenvalue weighted by Crippen LogP contribution is 2.13. The number of carbonyl (C=O) groups is 1. The van der Waals surface area contributed by atoms with Crippen LogP contribution in [0, 0.1) is 0 Å². The van der Waals surface area contributed by atoms with Crippen molar-refractivity contribution < 1.29 is 4.79 Å². The molecule has 0 unspecified atom stereocenters. The maximum Gasteiger partial charge on any atom is 0.245 e. The second-order valence-electron chi connectivity index (χ2n) is 1.30. The third-order valence-corrected chi connectivity index (χ3v) is 2.63. The SMILES string of the molecule is CCCSC(=O)SC. The molecule has 0 heterocycles. The van der Waals surface area contributed by atoms with E-state index < -0.39 is 0 Å². The van der Waals surface area contributed by atoms with E-state index in [0.29, 0.717) is 0 Å². The molecule has 1 nitrogen and oxygen atoms in total. The van der Waals surface area contributed by atoms with Gasteiger partial charge in [0.15, 0.2) is 0 Å². The quantitative estimate of drug-likeness (QED) is 0.602. The molecule has 0 rings (SSSR count). The Labute approximate surface area is 58.6 Å². The zero-order valence-corrected chi connectivity index (χ0v) is 6.77. The highest BCUT2D eigenvalue weighted by atomic mass is 32.2. The van der Waals surface area contributed by atoms with Crippen LogP contribution in [0.25, 0.3) is 0 Å². The van der Waals surface area contributed by atoms with E-state index >= 15 is 0 Å². The summed E-state index contributed by atoms with van der Waals surface area (Å²) in [4.78, 5) is 10.5. The lowest BCUT2D eigenvalue weighted by atomic mass is 10.6. The van der Waals surface area contributed by atoms with E-state index in [1.165, 1.54) is 23.5 Å². The van der Waals surface area contributed by atoms with Gasteiger partial charge in [-0.15, -0.1) is 0 Å². The Kier molecular flexibility index (Phi) is 5.76. The van der Waals surface area contributed by atoms with Crippen LogP contribution in [0.5, 0.6) is 0 Å². The van der Waals surface area contributed by atoms with E-state index in [1.807, 2.05) is 6.26 Å². The normalized spacial score (nSPS) is 9.25. The first-order valence-corrected chi connectivity index (χ1v) is 4.73. The minimum absolute atomic E-state index is 0.229. The monoisotopic (exact) mass is 150 g/mol. The van der Waals surface area contributed by atoms with Crippen LogP contribution >= 0.6 is 23.5 Å². The molecule has 3 heteroatoms. The molecule has 0 radical (unpaired) electrons. The summed E-state index contributed by atoms with van der Waals surface area (Å²) in [5.74, 6) is 0.958. The molecular weight excluding hydrogens is 140 g/mol. The van der Waals surface area contributed by atoms with Gasteiger partial charge in [0, 0.05) is 5.75 Å². The summed E-state index contributed by atoms with van der Waals surface area (Å²) in [5, 5.41) is 0. The molecule has 0 amide bonds. The van der Waals surface area contributed by atoms with Crippen molar-refractivity contribution in [1.29, 1.82) is 0 Å². The fourth-order valence-electron chi connectivity index (χ4n) is 0.244. The highest BCUT2D eigenvalue weighted by molar-refractivity contribution is 8.38. The van der Waals surface area contributed by atoms with Crippen LogP contribution in [0.3, 0.4) is 0 Å². The summed E-state index contributed by atoms with van der Waals surface area (Å²) < 4.78 is 0.229. The van der Waals surface area contributed by atoms with Gasteiger partial charge >= 0.3 is 0 Å². The topological polar surface area (TPSA) is 17.1 Å². The Bertz CT molecular complexity index is 72.8. The van der Waals surface area contributed by atoms with Crippen LogP contribution in [0.4, 0.5) is 4.79 Å². The van der Waals surface area contributed by atoms with Crippen LogP contribution < -0.4 is 0 Å². The number of hydrogen-bond donors (Lipinski definition) is 0. The van der Waals surface area contributed by atoms with E-state index in [-0.39, 0.29) is 4.45 Å². The fourth-order valence-corrected chi connectivity index (χ4v) is 1.34. The Morgan fingerprint density at radius 1 is 1.62 bits per heavy atom. The molecule has 0 saturated carbocycles. The lowest BCUT2D eigenvalue weighted by Gasteiger charge is -1.90. The van der Waals surface area contributed by atoms with Crippen molar-refractivity contribution in [2.45, 2.75) is 13.3 Å². The van der Waals surface area contributed by atoms with Crippen LogP contribution in [-0.4, -0.2) is 16.5 Å². The van der Waals surface area contributed by atoms with Gasteiger partial charge in [-0.1, -0.05) is 30.4 Å². The van der Waals surface area contributed by atoms with E-state index in [4.69, 9.17) is 0 Å². The highest BCUT2D eigenvalue weighted by Gasteiger charge is 1.95. The summed E-state index contributed by atoms with van der Waals surface area (Å²) in [6.45, 7) is 2.07. The average Bonchev–Trinajstić information content (AvgIpc) is 1.83. The van der Waals surface area contributed by atoms with Crippen molar-refractivity contribution in [1.82, 2.24) is 0 Å². The third kappa shape index (κ3) is 4.53. The lowest BCUT2D eigenvalue weighted by molar-refractivity contribution is 0.276. The Morgan fingerprint density at radius 3 is 2.62 bits per heavy atom. The summed E-state index contributed by atoms with van der Waals surface area (Å²) in [6, 6.07) is 0. The average molecular weight is 150 g/mol. The minimum Gasteiger partial charge on any atom is -0.274 e. The molecule has 0 aromatic heterocycles. The number of carbonyl (C=O) groups excluding carboxylic acids is 1. The number of rotatable bonds is 2. The maximum absolute atomic E-state index is 10.5. The predicted octanol–water partition coefficient (Wildman–Crippen LogP) is 2.61. The van der Waals surface area contributed by atoms with Crippen molar-refractivity contribution in [3.63, 3.8) is 0 Å². The standard InChI is InChI=1S/C5H10OS2/c1-3-4-8-5(6)7-2/h3-4H2,1-2H3. The molecule has 48 valence electrons. The Balaban J connectivity index is 2.99. The zero-order valence-electron chi connectivity index (χ0n) is 5.14. The summed E-state index contributed by atoms with van der Waals surface area (Å²) in [7, 11) is 0. The molecule has 0 saturated heterocycles. The minimum atomic E-state index is 0.229. The van der Waals surface area contributed by atoms with Crippen molar-refractivity contribution in [3.05, 3.63) is 0 Å². The molecule has 0 aromatic rings. The summed E-state index contributed by atoms with van der Waals surface area (Å²) >= 11 is 2.69. The van der Waals surface area contributed by atoms with Crippen LogP contribution in [0.1, 0.15) is 13.3 Å². The van der Waals surface area contributed by atoms with Gasteiger partial charge in [-0.05, 0) is 12.7 Å². The molecule has 0 aromatic carbocycles. The maximum atomic E-state index is 10.5. The molecule has 0 fully saturated rings. The molecule has 0 spiro atoms. The summed E-state index contributed by atoms with van der Waals surface area (Å²) in [6.07, 6.45) is 2.89. The van der Waals surface area contributed by atoms with Crippen LogP contribution in [-0.2, 0) is 0 Å². The first-order valence-electron chi connectivity index (χ1n) is 2.52. The van der Waals surface area contributed by atoms with E-state index in [9.17, 15) is 4.79 Å². The van der Waals surface area contributed by atoms with Gasteiger partial charge in [0.25, 0.3) is 0 Å². The third-order valence-electron chi connectivity index (χ3n) is 0.591. The first-order chi connectivity index (χ1) is 3.81. The van der Waals surface area contributed by atoms with E-state index in [0.717, 1.165) is 12.2 Å². The molecular formula is C5H10OS2. The second-order valence-corrected chi connectivity index (χ2v) is 3.41. The lowest BCUT2D eigenvalue weighted by Crippen LogP contribution is -1.80. The fraction of sp³-hybridized carbons (Fsp3) is 0.800. The number of thioether (sulfide) groups is 2. The molecule has 0 aliphatic carbocycles. The molecule has 0 N–H and O–H groups in total. The van der Waals surface area contributed by atoms with E-state index in [1.54, 1.807) is 0 Å². The van der Waals surface area contributed by atoms with Crippen molar-refractivity contribution in [2.24, 2.45) is 0 Å². The smallest absolute Gasteiger partial charge is 0.245 e. The van der Waals surface area contributed by atoms with Gasteiger partial charge in [-0.3, -0.25) is 4.79 Å². The van der Waals surface area contributed by atoms with Crippen molar-refractivity contribution >= 4 is 28.0 Å². The Morgan fingerprint density at radius 2 is 2.25 bits per heavy atom.